The van der Waals surface area contributed by atoms with Gasteiger partial charge in [0.2, 0.25) is 5.91 Å². The number of guanidine groups is 1. The van der Waals surface area contributed by atoms with E-state index in [1.807, 2.05) is 6.07 Å². The zero-order valence-electron chi connectivity index (χ0n) is 18.0. The SMILES string of the molecule is CN=C(NCCN1CCN(C(=O)C2CCC2)CC1)NCC1(c2cccc(F)c2)CC1. The Balaban J connectivity index is 1.16. The molecule has 1 heterocycles. The highest BCUT2D eigenvalue weighted by atomic mass is 19.1. The van der Waals surface area contributed by atoms with E-state index in [2.05, 4.69) is 25.4 Å². The number of piperazine rings is 1. The number of carbonyl (C=O) groups is 1. The van der Waals surface area contributed by atoms with E-state index in [1.165, 1.54) is 12.5 Å². The summed E-state index contributed by atoms with van der Waals surface area (Å²) in [6, 6.07) is 6.96. The molecule has 1 aromatic rings. The largest absolute Gasteiger partial charge is 0.356 e. The smallest absolute Gasteiger partial charge is 0.225 e. The molecule has 3 aliphatic rings. The standard InChI is InChI=1S/C23H34FN5O/c1-25-22(27-17-23(8-9-23)19-6-3-7-20(24)16-19)26-10-11-28-12-14-29(15-13-28)21(30)18-4-2-5-18/h3,6-7,16,18H,2,4-5,8-15,17H2,1H3,(H2,25,26,27). The molecule has 7 heteroatoms. The van der Waals surface area contributed by atoms with Gasteiger partial charge >= 0.3 is 0 Å². The Bertz CT molecular complexity index is 767. The van der Waals surface area contributed by atoms with Gasteiger partial charge in [0.25, 0.3) is 0 Å². The summed E-state index contributed by atoms with van der Waals surface area (Å²) in [5.74, 6) is 1.29. The minimum atomic E-state index is -0.171. The van der Waals surface area contributed by atoms with Crippen molar-refractivity contribution in [2.24, 2.45) is 10.9 Å². The second-order valence-corrected chi connectivity index (χ2v) is 8.94. The molecular weight excluding hydrogens is 381 g/mol. The predicted octanol–water partition coefficient (Wildman–Crippen LogP) is 1.97. The van der Waals surface area contributed by atoms with E-state index in [-0.39, 0.29) is 11.2 Å². The molecule has 30 heavy (non-hydrogen) atoms. The molecule has 0 radical (unpaired) electrons. The third-order valence-corrected chi connectivity index (χ3v) is 6.97. The number of hydrogen-bond donors (Lipinski definition) is 2. The van der Waals surface area contributed by atoms with Crippen molar-refractivity contribution < 1.29 is 9.18 Å². The monoisotopic (exact) mass is 415 g/mol. The lowest BCUT2D eigenvalue weighted by atomic mass is 9.84. The summed E-state index contributed by atoms with van der Waals surface area (Å²) < 4.78 is 13.6. The van der Waals surface area contributed by atoms with Gasteiger partial charge in [0.1, 0.15) is 5.82 Å². The summed E-state index contributed by atoms with van der Waals surface area (Å²) in [5.41, 5.74) is 1.10. The highest BCUT2D eigenvalue weighted by molar-refractivity contribution is 5.80. The van der Waals surface area contributed by atoms with Crippen molar-refractivity contribution in [1.29, 1.82) is 0 Å². The average Bonchev–Trinajstić information content (AvgIpc) is 3.51. The van der Waals surface area contributed by atoms with Crippen LogP contribution in [0.5, 0.6) is 0 Å². The lowest BCUT2D eigenvalue weighted by Gasteiger charge is -2.38. The Morgan fingerprint density at radius 2 is 1.97 bits per heavy atom. The molecule has 0 unspecified atom stereocenters. The molecular formula is C23H34FN5O. The fourth-order valence-electron chi connectivity index (χ4n) is 4.45. The summed E-state index contributed by atoms with van der Waals surface area (Å²) in [6.45, 7) is 6.07. The first-order valence-electron chi connectivity index (χ1n) is 11.3. The number of halogens is 1. The zero-order valence-corrected chi connectivity index (χ0v) is 18.0. The summed E-state index contributed by atoms with van der Waals surface area (Å²) in [7, 11) is 1.78. The average molecular weight is 416 g/mol. The lowest BCUT2D eigenvalue weighted by molar-refractivity contribution is -0.139. The van der Waals surface area contributed by atoms with E-state index in [0.717, 1.165) is 83.0 Å². The Kier molecular flexibility index (Phi) is 6.56. The van der Waals surface area contributed by atoms with Crippen molar-refractivity contribution >= 4 is 11.9 Å². The maximum absolute atomic E-state index is 13.6. The van der Waals surface area contributed by atoms with Crippen LogP contribution in [0.1, 0.15) is 37.7 Å². The molecule has 2 aliphatic carbocycles. The topological polar surface area (TPSA) is 60.0 Å². The van der Waals surface area contributed by atoms with Gasteiger partial charge in [-0.1, -0.05) is 18.6 Å². The third-order valence-electron chi connectivity index (χ3n) is 6.97. The Morgan fingerprint density at radius 3 is 2.57 bits per heavy atom. The fraction of sp³-hybridized carbons (Fsp3) is 0.652. The third kappa shape index (κ3) is 4.94. The van der Waals surface area contributed by atoms with Crippen molar-refractivity contribution in [2.75, 3.05) is 52.9 Å². The van der Waals surface area contributed by atoms with Crippen LogP contribution in [0.4, 0.5) is 4.39 Å². The summed E-state index contributed by atoms with van der Waals surface area (Å²) in [5, 5.41) is 6.81. The molecule has 0 aromatic heterocycles. The van der Waals surface area contributed by atoms with Crippen molar-refractivity contribution in [3.05, 3.63) is 35.6 Å². The van der Waals surface area contributed by atoms with Crippen molar-refractivity contribution in [2.45, 2.75) is 37.5 Å². The molecule has 1 aromatic carbocycles. The van der Waals surface area contributed by atoms with E-state index < -0.39 is 0 Å². The number of benzene rings is 1. The highest BCUT2D eigenvalue weighted by Crippen LogP contribution is 2.47. The van der Waals surface area contributed by atoms with Gasteiger partial charge in [-0.25, -0.2) is 4.39 Å². The molecule has 0 bridgehead atoms. The van der Waals surface area contributed by atoms with Crippen LogP contribution in [0.25, 0.3) is 0 Å². The van der Waals surface area contributed by atoms with Crippen LogP contribution in [0.2, 0.25) is 0 Å². The van der Waals surface area contributed by atoms with Crippen LogP contribution in [-0.4, -0.2) is 74.5 Å². The first-order chi connectivity index (χ1) is 14.6. The van der Waals surface area contributed by atoms with E-state index in [1.54, 1.807) is 19.2 Å². The van der Waals surface area contributed by atoms with Crippen LogP contribution in [0, 0.1) is 11.7 Å². The molecule has 2 N–H and O–H groups in total. The van der Waals surface area contributed by atoms with Gasteiger partial charge in [-0.3, -0.25) is 14.7 Å². The maximum atomic E-state index is 13.6. The molecule has 0 atom stereocenters. The maximum Gasteiger partial charge on any atom is 0.225 e. The van der Waals surface area contributed by atoms with Crippen molar-refractivity contribution in [3.63, 3.8) is 0 Å². The molecule has 1 saturated heterocycles. The second-order valence-electron chi connectivity index (χ2n) is 8.94. The zero-order chi connectivity index (χ0) is 21.0. The first-order valence-corrected chi connectivity index (χ1v) is 11.3. The number of rotatable bonds is 7. The minimum Gasteiger partial charge on any atom is -0.356 e. The molecule has 6 nitrogen and oxygen atoms in total. The number of nitrogens with one attached hydrogen (secondary N) is 2. The van der Waals surface area contributed by atoms with Gasteiger partial charge in [0.15, 0.2) is 5.96 Å². The van der Waals surface area contributed by atoms with Gasteiger partial charge in [-0.15, -0.1) is 0 Å². The Hall–Kier alpha value is -2.15. The first kappa shape index (κ1) is 21.1. The van der Waals surface area contributed by atoms with Gasteiger partial charge in [-0.2, -0.15) is 0 Å². The molecule has 164 valence electrons. The summed E-state index contributed by atoms with van der Waals surface area (Å²) in [4.78, 5) is 21.1. The molecule has 2 saturated carbocycles. The van der Waals surface area contributed by atoms with Crippen LogP contribution >= 0.6 is 0 Å². The summed E-state index contributed by atoms with van der Waals surface area (Å²) in [6.07, 6.45) is 5.51. The number of carbonyl (C=O) groups excluding carboxylic acids is 1. The number of hydrogen-bond acceptors (Lipinski definition) is 3. The van der Waals surface area contributed by atoms with Crippen molar-refractivity contribution in [1.82, 2.24) is 20.4 Å². The highest BCUT2D eigenvalue weighted by Gasteiger charge is 2.44. The quantitative estimate of drug-likeness (QED) is 0.528. The summed E-state index contributed by atoms with van der Waals surface area (Å²) >= 11 is 0. The molecule has 1 aliphatic heterocycles. The van der Waals surface area contributed by atoms with Crippen LogP contribution in [0.3, 0.4) is 0 Å². The van der Waals surface area contributed by atoms with Gasteiger partial charge in [0, 0.05) is 64.2 Å². The fourth-order valence-corrected chi connectivity index (χ4v) is 4.45. The van der Waals surface area contributed by atoms with E-state index in [0.29, 0.717) is 11.8 Å². The van der Waals surface area contributed by atoms with E-state index >= 15 is 0 Å². The number of aliphatic imine (C=N–C) groups is 1. The second kappa shape index (κ2) is 9.33. The normalized spacial score (nSPS) is 21.8. The number of amides is 1. The predicted molar refractivity (Wildman–Crippen MR) is 117 cm³/mol. The van der Waals surface area contributed by atoms with Gasteiger partial charge < -0.3 is 15.5 Å². The van der Waals surface area contributed by atoms with E-state index in [9.17, 15) is 9.18 Å². The minimum absolute atomic E-state index is 0.0308. The van der Waals surface area contributed by atoms with Gasteiger partial charge in [0.05, 0.1) is 0 Å². The Morgan fingerprint density at radius 1 is 1.20 bits per heavy atom. The lowest BCUT2D eigenvalue weighted by Crippen LogP contribution is -2.52. The van der Waals surface area contributed by atoms with Crippen LogP contribution < -0.4 is 10.6 Å². The number of nitrogens with zero attached hydrogens (tertiary/aromatic N) is 3. The van der Waals surface area contributed by atoms with Gasteiger partial charge in [-0.05, 0) is 43.4 Å². The molecule has 1 amide bonds. The van der Waals surface area contributed by atoms with E-state index in [4.69, 9.17) is 0 Å². The Labute approximate surface area is 178 Å². The van der Waals surface area contributed by atoms with Crippen molar-refractivity contribution in [3.8, 4) is 0 Å². The van der Waals surface area contributed by atoms with Crippen LogP contribution in [0.15, 0.2) is 29.3 Å². The molecule has 3 fully saturated rings. The molecule has 4 rings (SSSR count). The van der Waals surface area contributed by atoms with Crippen LogP contribution in [-0.2, 0) is 10.2 Å². The molecule has 0 spiro atoms.